The molecule has 2 rings (SSSR count). The van der Waals surface area contributed by atoms with Crippen LogP contribution in [0.3, 0.4) is 0 Å². The van der Waals surface area contributed by atoms with Gasteiger partial charge in [0.2, 0.25) is 11.7 Å². The van der Waals surface area contributed by atoms with E-state index in [1.54, 1.807) is 25.1 Å². The summed E-state index contributed by atoms with van der Waals surface area (Å²) in [7, 11) is 0. The molecule has 0 aliphatic rings. The Morgan fingerprint density at radius 1 is 1.45 bits per heavy atom. The van der Waals surface area contributed by atoms with Gasteiger partial charge in [0.1, 0.15) is 5.82 Å². The fourth-order valence-electron chi connectivity index (χ4n) is 1.73. The molecule has 0 spiro atoms. The zero-order valence-electron chi connectivity index (χ0n) is 11.1. The van der Waals surface area contributed by atoms with Gasteiger partial charge in [-0.25, -0.2) is 14.2 Å². The molecule has 2 aromatic rings. The molecule has 0 fully saturated rings. The normalized spacial score (nSPS) is 10.6. The number of halogens is 2. The van der Waals surface area contributed by atoms with Gasteiger partial charge in [0.15, 0.2) is 0 Å². The lowest BCUT2D eigenvalue weighted by Gasteiger charge is -2.00. The topological polar surface area (TPSA) is 52.3 Å². The second-order valence-corrected chi connectivity index (χ2v) is 4.82. The Hall–Kier alpha value is -1.69. The van der Waals surface area contributed by atoms with Crippen molar-refractivity contribution in [2.24, 2.45) is 0 Å². The first kappa shape index (κ1) is 14.7. The number of ether oxygens (including phenoxy) is 1. The van der Waals surface area contributed by atoms with Crippen molar-refractivity contribution in [2.45, 2.75) is 20.3 Å². The van der Waals surface area contributed by atoms with Crippen molar-refractivity contribution in [1.29, 1.82) is 0 Å². The van der Waals surface area contributed by atoms with Crippen molar-refractivity contribution in [3.8, 4) is 11.5 Å². The molecule has 0 radical (unpaired) electrons. The number of carbonyl (C=O) groups excluding carboxylic acids is 1. The number of aromatic nitrogens is 1. The first-order chi connectivity index (χ1) is 9.58. The van der Waals surface area contributed by atoms with Gasteiger partial charge in [-0.3, -0.25) is 0 Å². The molecule has 4 nitrogen and oxygen atoms in total. The van der Waals surface area contributed by atoms with E-state index in [1.165, 1.54) is 0 Å². The minimum atomic E-state index is -0.585. The third-order valence-corrected chi connectivity index (χ3v) is 3.29. The quantitative estimate of drug-likeness (QED) is 0.789. The van der Waals surface area contributed by atoms with Crippen molar-refractivity contribution in [3.63, 3.8) is 0 Å². The Kier molecular flexibility index (Phi) is 4.54. The van der Waals surface area contributed by atoms with Crippen LogP contribution in [-0.2, 0) is 11.2 Å². The lowest BCUT2D eigenvalue weighted by Crippen LogP contribution is -2.05. The van der Waals surface area contributed by atoms with Crippen LogP contribution in [0.1, 0.15) is 30.1 Å². The third kappa shape index (κ3) is 2.75. The summed E-state index contributed by atoms with van der Waals surface area (Å²) in [6, 6.07) is 4.79. The molecular weight excluding hydrogens is 329 g/mol. The van der Waals surface area contributed by atoms with Crippen molar-refractivity contribution >= 4 is 21.9 Å². The molecule has 1 aromatic heterocycles. The van der Waals surface area contributed by atoms with E-state index in [1.807, 2.05) is 6.92 Å². The highest BCUT2D eigenvalue weighted by Crippen LogP contribution is 2.29. The van der Waals surface area contributed by atoms with Gasteiger partial charge in [-0.15, -0.1) is 0 Å². The number of esters is 1. The summed E-state index contributed by atoms with van der Waals surface area (Å²) in [5.41, 5.74) is 0.655. The second kappa shape index (κ2) is 6.17. The molecular formula is C14H13BrFNO3. The van der Waals surface area contributed by atoms with Gasteiger partial charge < -0.3 is 9.15 Å². The number of aryl methyl sites for hydroxylation is 1. The Bertz CT molecular complexity index is 639. The van der Waals surface area contributed by atoms with Crippen molar-refractivity contribution < 1.29 is 18.3 Å². The smallest absolute Gasteiger partial charge is 0.376 e. The van der Waals surface area contributed by atoms with Crippen molar-refractivity contribution in [3.05, 3.63) is 39.9 Å². The van der Waals surface area contributed by atoms with Crippen LogP contribution in [0.2, 0.25) is 0 Å². The summed E-state index contributed by atoms with van der Waals surface area (Å²) < 4.78 is 24.6. The second-order valence-electron chi connectivity index (χ2n) is 3.97. The van der Waals surface area contributed by atoms with Gasteiger partial charge in [0.25, 0.3) is 0 Å². The third-order valence-electron chi connectivity index (χ3n) is 2.68. The van der Waals surface area contributed by atoms with E-state index in [9.17, 15) is 9.18 Å². The molecule has 0 saturated heterocycles. The largest absolute Gasteiger partial charge is 0.460 e. The molecule has 0 unspecified atom stereocenters. The maximum atomic E-state index is 14.0. The highest BCUT2D eigenvalue weighted by Gasteiger charge is 2.22. The van der Waals surface area contributed by atoms with E-state index in [2.05, 4.69) is 20.9 Å². The average Bonchev–Trinajstić information content (AvgIpc) is 2.86. The maximum absolute atomic E-state index is 14.0. The number of benzene rings is 1. The SMILES string of the molecule is CCOC(=O)c1oc(-c2cccc(Br)c2F)nc1CC. The van der Waals surface area contributed by atoms with Crippen LogP contribution in [-0.4, -0.2) is 17.6 Å². The lowest BCUT2D eigenvalue weighted by atomic mass is 10.2. The van der Waals surface area contributed by atoms with Gasteiger partial charge in [-0.05, 0) is 41.4 Å². The van der Waals surface area contributed by atoms with Crippen LogP contribution in [0.25, 0.3) is 11.5 Å². The Labute approximate surface area is 124 Å². The molecule has 0 aliphatic carbocycles. The monoisotopic (exact) mass is 341 g/mol. The molecule has 0 aliphatic heterocycles. The molecule has 20 heavy (non-hydrogen) atoms. The van der Waals surface area contributed by atoms with Crippen molar-refractivity contribution in [1.82, 2.24) is 4.98 Å². The standard InChI is InChI=1S/C14H13BrFNO3/c1-3-10-12(14(18)19-4-2)20-13(17-10)8-6-5-7-9(15)11(8)16/h5-7H,3-4H2,1-2H3. The number of rotatable bonds is 4. The van der Waals surface area contributed by atoms with Gasteiger partial charge >= 0.3 is 5.97 Å². The van der Waals surface area contributed by atoms with Crippen LogP contribution in [0.15, 0.2) is 27.1 Å². The van der Waals surface area contributed by atoms with E-state index in [0.717, 1.165) is 0 Å². The molecule has 0 atom stereocenters. The van der Waals surface area contributed by atoms with E-state index < -0.39 is 11.8 Å². The minimum absolute atomic E-state index is 0.0312. The van der Waals surface area contributed by atoms with Crippen LogP contribution < -0.4 is 0 Å². The number of carbonyl (C=O) groups is 1. The number of hydrogen-bond acceptors (Lipinski definition) is 4. The predicted molar refractivity (Wildman–Crippen MR) is 74.9 cm³/mol. The number of nitrogens with zero attached hydrogens (tertiary/aromatic N) is 1. The minimum Gasteiger partial charge on any atom is -0.460 e. The Balaban J connectivity index is 2.49. The summed E-state index contributed by atoms with van der Waals surface area (Å²) in [5, 5.41) is 0. The molecule has 0 N–H and O–H groups in total. The van der Waals surface area contributed by atoms with Gasteiger partial charge in [0, 0.05) is 0 Å². The zero-order chi connectivity index (χ0) is 14.7. The van der Waals surface area contributed by atoms with Gasteiger partial charge in [-0.2, -0.15) is 0 Å². The maximum Gasteiger partial charge on any atom is 0.376 e. The summed E-state index contributed by atoms with van der Waals surface area (Å²) in [4.78, 5) is 15.9. The summed E-state index contributed by atoms with van der Waals surface area (Å²) in [6.07, 6.45) is 0.493. The Morgan fingerprint density at radius 3 is 2.85 bits per heavy atom. The fourth-order valence-corrected chi connectivity index (χ4v) is 2.10. The molecule has 1 heterocycles. The molecule has 0 saturated carbocycles. The van der Waals surface area contributed by atoms with E-state index in [4.69, 9.17) is 9.15 Å². The summed E-state index contributed by atoms with van der Waals surface area (Å²) in [5.74, 6) is -0.960. The molecule has 6 heteroatoms. The molecule has 106 valence electrons. The zero-order valence-corrected chi connectivity index (χ0v) is 12.7. The van der Waals surface area contributed by atoms with E-state index in [0.29, 0.717) is 16.6 Å². The summed E-state index contributed by atoms with van der Waals surface area (Å²) >= 11 is 3.10. The molecule has 0 amide bonds. The van der Waals surface area contributed by atoms with Crippen LogP contribution in [0.5, 0.6) is 0 Å². The number of hydrogen-bond donors (Lipinski definition) is 0. The molecule has 0 bridgehead atoms. The summed E-state index contributed by atoms with van der Waals surface area (Å²) in [6.45, 7) is 3.78. The van der Waals surface area contributed by atoms with Crippen LogP contribution in [0, 0.1) is 5.82 Å². The average molecular weight is 342 g/mol. The Morgan fingerprint density at radius 2 is 2.20 bits per heavy atom. The molecule has 1 aromatic carbocycles. The van der Waals surface area contributed by atoms with Crippen LogP contribution in [0.4, 0.5) is 4.39 Å². The first-order valence-electron chi connectivity index (χ1n) is 6.19. The highest BCUT2D eigenvalue weighted by molar-refractivity contribution is 9.10. The highest BCUT2D eigenvalue weighted by atomic mass is 79.9. The predicted octanol–water partition coefficient (Wildman–Crippen LogP) is 3.98. The van der Waals surface area contributed by atoms with Gasteiger partial charge in [-0.1, -0.05) is 13.0 Å². The van der Waals surface area contributed by atoms with E-state index >= 15 is 0 Å². The van der Waals surface area contributed by atoms with E-state index in [-0.39, 0.29) is 23.8 Å². The first-order valence-corrected chi connectivity index (χ1v) is 6.99. The number of oxazole rings is 1. The lowest BCUT2D eigenvalue weighted by molar-refractivity contribution is 0.0489. The fraction of sp³-hybridized carbons (Fsp3) is 0.286. The van der Waals surface area contributed by atoms with Crippen molar-refractivity contribution in [2.75, 3.05) is 6.61 Å². The van der Waals surface area contributed by atoms with Crippen LogP contribution >= 0.6 is 15.9 Å². The van der Waals surface area contributed by atoms with Gasteiger partial charge in [0.05, 0.1) is 22.3 Å².